The van der Waals surface area contributed by atoms with Crippen LogP contribution in [0.1, 0.15) is 79.4 Å². The SMILES string of the molecule is CC(C)(C)OC(=O)c1cc(C2CC2)c(OCC2(F)CCN(Cc3cc(C(F)(F)F)ccc3Cl)CC2)cc1F. The van der Waals surface area contributed by atoms with Crippen LogP contribution >= 0.6 is 11.6 Å². The number of alkyl halides is 4. The van der Waals surface area contributed by atoms with Crippen molar-refractivity contribution in [3.8, 4) is 5.75 Å². The van der Waals surface area contributed by atoms with Crippen molar-refractivity contribution in [1.29, 1.82) is 0 Å². The van der Waals surface area contributed by atoms with Crippen LogP contribution in [0.4, 0.5) is 22.0 Å². The highest BCUT2D eigenvalue weighted by molar-refractivity contribution is 6.31. The van der Waals surface area contributed by atoms with Crippen LogP contribution in [-0.2, 0) is 17.5 Å². The molecule has 0 N–H and O–H groups in total. The minimum Gasteiger partial charge on any atom is -0.490 e. The molecule has 4 rings (SSSR count). The lowest BCUT2D eigenvalue weighted by Gasteiger charge is -2.36. The minimum absolute atomic E-state index is 0.0980. The number of piperidine rings is 1. The summed E-state index contributed by atoms with van der Waals surface area (Å²) in [7, 11) is 0. The number of ether oxygens (including phenoxy) is 2. The maximum Gasteiger partial charge on any atom is 0.416 e. The summed E-state index contributed by atoms with van der Waals surface area (Å²) in [4.78, 5) is 14.3. The van der Waals surface area contributed by atoms with E-state index in [1.54, 1.807) is 20.8 Å². The van der Waals surface area contributed by atoms with Gasteiger partial charge in [-0.15, -0.1) is 0 Å². The molecule has 10 heteroatoms. The third kappa shape index (κ3) is 7.17. The number of nitrogens with zero attached hydrogens (tertiary/aromatic N) is 1. The first-order valence-electron chi connectivity index (χ1n) is 12.6. The zero-order valence-corrected chi connectivity index (χ0v) is 22.3. The molecule has 0 bridgehead atoms. The second-order valence-electron chi connectivity index (χ2n) is 11.2. The fourth-order valence-corrected chi connectivity index (χ4v) is 4.65. The monoisotopic (exact) mass is 559 g/mol. The standard InChI is InChI=1S/C28H31ClF5NO3/c1-26(2,3)38-25(36)21-13-20(17-4-5-17)24(14-23(21)30)37-16-27(31)8-10-35(11-9-27)15-18-12-19(28(32,33)34)6-7-22(18)29/h6-7,12-14,17H,4-5,8-11,15-16H2,1-3H3. The molecule has 0 amide bonds. The molecule has 0 radical (unpaired) electrons. The van der Waals surface area contributed by atoms with Crippen LogP contribution in [-0.4, -0.2) is 41.8 Å². The molecule has 1 saturated heterocycles. The molecule has 1 saturated carbocycles. The van der Waals surface area contributed by atoms with Gasteiger partial charge in [0.25, 0.3) is 0 Å². The van der Waals surface area contributed by atoms with Gasteiger partial charge in [-0.05, 0) is 87.8 Å². The van der Waals surface area contributed by atoms with E-state index in [0.717, 1.165) is 31.0 Å². The molecule has 1 aliphatic carbocycles. The van der Waals surface area contributed by atoms with Crippen LogP contribution in [0.15, 0.2) is 30.3 Å². The largest absolute Gasteiger partial charge is 0.490 e. The Morgan fingerprint density at radius 3 is 2.34 bits per heavy atom. The molecule has 2 fully saturated rings. The summed E-state index contributed by atoms with van der Waals surface area (Å²) in [6, 6.07) is 5.76. The molecule has 0 aromatic heterocycles. The van der Waals surface area contributed by atoms with Crippen LogP contribution in [0.3, 0.4) is 0 Å². The van der Waals surface area contributed by atoms with E-state index >= 15 is 4.39 Å². The summed E-state index contributed by atoms with van der Waals surface area (Å²) >= 11 is 6.11. The summed E-state index contributed by atoms with van der Waals surface area (Å²) in [6.45, 7) is 5.56. The van der Waals surface area contributed by atoms with Crippen molar-refractivity contribution in [1.82, 2.24) is 4.90 Å². The van der Waals surface area contributed by atoms with Gasteiger partial charge < -0.3 is 9.47 Å². The molecule has 38 heavy (non-hydrogen) atoms. The Balaban J connectivity index is 1.39. The van der Waals surface area contributed by atoms with Crippen LogP contribution in [0.2, 0.25) is 5.02 Å². The van der Waals surface area contributed by atoms with E-state index in [9.17, 15) is 22.4 Å². The molecule has 0 spiro atoms. The van der Waals surface area contributed by atoms with Gasteiger partial charge in [-0.2, -0.15) is 13.2 Å². The van der Waals surface area contributed by atoms with E-state index in [-0.39, 0.29) is 48.2 Å². The van der Waals surface area contributed by atoms with Crippen molar-refractivity contribution < 1.29 is 36.2 Å². The third-order valence-electron chi connectivity index (χ3n) is 6.74. The fourth-order valence-electron chi connectivity index (χ4n) is 4.48. The zero-order valence-electron chi connectivity index (χ0n) is 21.6. The molecule has 1 aliphatic heterocycles. The number of benzene rings is 2. The van der Waals surface area contributed by atoms with Gasteiger partial charge in [-0.25, -0.2) is 13.6 Å². The van der Waals surface area contributed by atoms with Gasteiger partial charge in [0.1, 0.15) is 29.4 Å². The number of hydrogen-bond acceptors (Lipinski definition) is 4. The number of hydrogen-bond donors (Lipinski definition) is 0. The number of carbonyl (C=O) groups excluding carboxylic acids is 1. The van der Waals surface area contributed by atoms with E-state index in [4.69, 9.17) is 21.1 Å². The summed E-state index contributed by atoms with van der Waals surface area (Å²) in [5.74, 6) is -1.23. The second kappa shape index (κ2) is 10.6. The third-order valence-corrected chi connectivity index (χ3v) is 7.11. The van der Waals surface area contributed by atoms with E-state index in [0.29, 0.717) is 24.2 Å². The molecule has 2 aromatic rings. The quantitative estimate of drug-likeness (QED) is 0.257. The second-order valence-corrected chi connectivity index (χ2v) is 11.6. The predicted octanol–water partition coefficient (Wildman–Crippen LogP) is 7.71. The highest BCUT2D eigenvalue weighted by Crippen LogP contribution is 2.46. The minimum atomic E-state index is -4.48. The van der Waals surface area contributed by atoms with Crippen LogP contribution < -0.4 is 4.74 Å². The van der Waals surface area contributed by atoms with E-state index in [2.05, 4.69) is 0 Å². The number of esters is 1. The van der Waals surface area contributed by atoms with E-state index in [1.165, 1.54) is 12.1 Å². The Labute approximate surface area is 224 Å². The van der Waals surface area contributed by atoms with Crippen LogP contribution in [0.25, 0.3) is 0 Å². The highest BCUT2D eigenvalue weighted by Gasteiger charge is 2.37. The lowest BCUT2D eigenvalue weighted by Crippen LogP contribution is -2.44. The maximum absolute atomic E-state index is 15.6. The molecule has 1 heterocycles. The van der Waals surface area contributed by atoms with Crippen LogP contribution in [0, 0.1) is 5.82 Å². The first kappa shape index (κ1) is 28.6. The molecule has 208 valence electrons. The fraction of sp³-hybridized carbons (Fsp3) is 0.536. The molecule has 4 nitrogen and oxygen atoms in total. The summed E-state index contributed by atoms with van der Waals surface area (Å²) in [5.41, 5.74) is -2.43. The number of carbonyl (C=O) groups is 1. The molecule has 2 aromatic carbocycles. The highest BCUT2D eigenvalue weighted by atomic mass is 35.5. The first-order chi connectivity index (χ1) is 17.6. The summed E-state index contributed by atoms with van der Waals surface area (Å²) < 4.78 is 80.8. The first-order valence-corrected chi connectivity index (χ1v) is 13.0. The Morgan fingerprint density at radius 2 is 1.76 bits per heavy atom. The Kier molecular flexibility index (Phi) is 8.01. The van der Waals surface area contributed by atoms with Gasteiger partial charge >= 0.3 is 12.1 Å². The van der Waals surface area contributed by atoms with Gasteiger partial charge in [0.2, 0.25) is 0 Å². The molecule has 0 atom stereocenters. The normalized spacial score (nSPS) is 18.3. The van der Waals surface area contributed by atoms with Gasteiger partial charge in [-0.3, -0.25) is 4.90 Å². The molecule has 2 aliphatic rings. The number of rotatable bonds is 7. The lowest BCUT2D eigenvalue weighted by molar-refractivity contribution is -0.137. The van der Waals surface area contributed by atoms with Crippen LogP contribution in [0.5, 0.6) is 5.75 Å². The van der Waals surface area contributed by atoms with Gasteiger partial charge in [0.15, 0.2) is 0 Å². The Hall–Kier alpha value is -2.39. The summed E-state index contributed by atoms with van der Waals surface area (Å²) in [5, 5.41) is 0.225. The summed E-state index contributed by atoms with van der Waals surface area (Å²) in [6.07, 6.45) is -2.55. The average Bonchev–Trinajstić information content (AvgIpc) is 3.64. The Morgan fingerprint density at radius 1 is 1.11 bits per heavy atom. The topological polar surface area (TPSA) is 38.8 Å². The van der Waals surface area contributed by atoms with Gasteiger partial charge in [0, 0.05) is 30.7 Å². The van der Waals surface area contributed by atoms with Crippen molar-refractivity contribution >= 4 is 17.6 Å². The smallest absolute Gasteiger partial charge is 0.416 e. The molecule has 0 unspecified atom stereocenters. The lowest BCUT2D eigenvalue weighted by atomic mass is 9.93. The number of halogens is 6. The van der Waals surface area contributed by atoms with Gasteiger partial charge in [-0.1, -0.05) is 11.6 Å². The van der Waals surface area contributed by atoms with Crippen molar-refractivity contribution in [2.75, 3.05) is 19.7 Å². The zero-order chi connectivity index (χ0) is 27.9. The number of likely N-dealkylation sites (tertiary alicyclic amines) is 1. The average molecular weight is 560 g/mol. The predicted molar refractivity (Wildman–Crippen MR) is 134 cm³/mol. The van der Waals surface area contributed by atoms with Crippen molar-refractivity contribution in [2.45, 2.75) is 76.4 Å². The maximum atomic E-state index is 15.6. The Bertz CT molecular complexity index is 1180. The molecular weight excluding hydrogens is 529 g/mol. The van der Waals surface area contributed by atoms with E-state index < -0.39 is 34.8 Å². The van der Waals surface area contributed by atoms with Crippen molar-refractivity contribution in [3.05, 3.63) is 63.4 Å². The van der Waals surface area contributed by atoms with Gasteiger partial charge in [0.05, 0.1) is 11.1 Å². The van der Waals surface area contributed by atoms with Crippen molar-refractivity contribution in [2.24, 2.45) is 0 Å². The van der Waals surface area contributed by atoms with Crippen molar-refractivity contribution in [3.63, 3.8) is 0 Å². The molecular formula is C28H31ClF5NO3. The van der Waals surface area contributed by atoms with E-state index in [1.807, 2.05) is 4.90 Å².